The van der Waals surface area contributed by atoms with Crippen LogP contribution in [0.1, 0.15) is 20.3 Å². The molecular formula is C13H19NO6S2. The molecule has 0 bridgehead atoms. The molecule has 0 radical (unpaired) electrons. The van der Waals surface area contributed by atoms with Crippen molar-refractivity contribution in [3.05, 3.63) is 24.3 Å². The number of nitrogens with one attached hydrogen (secondary N) is 1. The lowest BCUT2D eigenvalue weighted by Gasteiger charge is -2.16. The molecule has 0 saturated heterocycles. The van der Waals surface area contributed by atoms with E-state index in [0.717, 1.165) is 18.4 Å². The Balaban J connectivity index is 3.06. The van der Waals surface area contributed by atoms with Crippen LogP contribution in [0.25, 0.3) is 0 Å². The normalized spacial score (nSPS) is 14.0. The Hall–Kier alpha value is -1.45. The molecule has 1 aromatic rings. The lowest BCUT2D eigenvalue weighted by atomic mass is 10.1. The van der Waals surface area contributed by atoms with E-state index in [0.29, 0.717) is 0 Å². The zero-order valence-corrected chi connectivity index (χ0v) is 14.1. The first-order chi connectivity index (χ1) is 9.93. The summed E-state index contributed by atoms with van der Waals surface area (Å²) in [4.78, 5) is 10.9. The maximum atomic E-state index is 12.2. The third-order valence-corrected chi connectivity index (χ3v) is 5.48. The van der Waals surface area contributed by atoms with Gasteiger partial charge in [-0.05, 0) is 36.6 Å². The van der Waals surface area contributed by atoms with Crippen molar-refractivity contribution in [3.63, 3.8) is 0 Å². The lowest BCUT2D eigenvalue weighted by molar-refractivity contribution is -0.139. The largest absolute Gasteiger partial charge is 0.480 e. The van der Waals surface area contributed by atoms with Crippen LogP contribution in [0.5, 0.6) is 0 Å². The van der Waals surface area contributed by atoms with E-state index in [1.807, 2.05) is 0 Å². The van der Waals surface area contributed by atoms with Crippen LogP contribution in [0.15, 0.2) is 34.1 Å². The van der Waals surface area contributed by atoms with Crippen molar-refractivity contribution in [2.45, 2.75) is 36.1 Å². The Labute approximate surface area is 130 Å². The fourth-order valence-electron chi connectivity index (χ4n) is 1.79. The summed E-state index contributed by atoms with van der Waals surface area (Å²) in [5.74, 6) is -1.26. The van der Waals surface area contributed by atoms with E-state index in [1.54, 1.807) is 13.8 Å². The van der Waals surface area contributed by atoms with Gasteiger partial charge in [-0.1, -0.05) is 13.8 Å². The van der Waals surface area contributed by atoms with E-state index in [4.69, 9.17) is 5.11 Å². The molecule has 0 unspecified atom stereocenters. The monoisotopic (exact) mass is 349 g/mol. The highest BCUT2D eigenvalue weighted by atomic mass is 32.2. The van der Waals surface area contributed by atoms with Crippen molar-refractivity contribution < 1.29 is 26.7 Å². The Morgan fingerprint density at radius 2 is 1.55 bits per heavy atom. The zero-order valence-electron chi connectivity index (χ0n) is 12.5. The number of hydrogen-bond donors (Lipinski definition) is 2. The highest BCUT2D eigenvalue weighted by Crippen LogP contribution is 2.16. The van der Waals surface area contributed by atoms with Crippen molar-refractivity contribution in [1.29, 1.82) is 0 Å². The zero-order chi connectivity index (χ0) is 17.1. The van der Waals surface area contributed by atoms with Crippen LogP contribution in [0.2, 0.25) is 0 Å². The van der Waals surface area contributed by atoms with Crippen LogP contribution < -0.4 is 4.72 Å². The Kier molecular flexibility index (Phi) is 5.71. The molecule has 0 fully saturated rings. The van der Waals surface area contributed by atoms with E-state index < -0.39 is 31.9 Å². The second-order valence-corrected chi connectivity index (χ2v) is 9.11. The van der Waals surface area contributed by atoms with E-state index in [1.165, 1.54) is 12.1 Å². The van der Waals surface area contributed by atoms with Gasteiger partial charge in [-0.15, -0.1) is 0 Å². The van der Waals surface area contributed by atoms with Gasteiger partial charge in [0.1, 0.15) is 6.04 Å². The summed E-state index contributed by atoms with van der Waals surface area (Å²) < 4.78 is 49.1. The summed E-state index contributed by atoms with van der Waals surface area (Å²) in [6.45, 7) is 3.57. The molecule has 0 aliphatic carbocycles. The van der Waals surface area contributed by atoms with E-state index in [2.05, 4.69) is 4.72 Å². The fraction of sp³-hybridized carbons (Fsp3) is 0.462. The van der Waals surface area contributed by atoms with Crippen LogP contribution in [0.3, 0.4) is 0 Å². The number of benzene rings is 1. The van der Waals surface area contributed by atoms with Crippen molar-refractivity contribution in [1.82, 2.24) is 4.72 Å². The molecule has 1 atom stereocenters. The van der Waals surface area contributed by atoms with Crippen LogP contribution >= 0.6 is 0 Å². The van der Waals surface area contributed by atoms with Gasteiger partial charge in [0, 0.05) is 6.26 Å². The maximum absolute atomic E-state index is 12.2. The van der Waals surface area contributed by atoms with Crippen molar-refractivity contribution in [2.75, 3.05) is 6.26 Å². The minimum absolute atomic E-state index is 0.00332. The van der Waals surface area contributed by atoms with Crippen LogP contribution in [-0.4, -0.2) is 40.2 Å². The molecule has 2 N–H and O–H groups in total. The summed E-state index contributed by atoms with van der Waals surface area (Å²) in [5.41, 5.74) is 0. The van der Waals surface area contributed by atoms with Crippen LogP contribution in [0.4, 0.5) is 0 Å². The molecule has 0 aliphatic rings. The molecule has 9 heteroatoms. The maximum Gasteiger partial charge on any atom is 0.321 e. The molecule has 0 aliphatic heterocycles. The molecule has 0 aromatic heterocycles. The number of hydrogen-bond acceptors (Lipinski definition) is 5. The Bertz CT molecular complexity index is 735. The van der Waals surface area contributed by atoms with Gasteiger partial charge >= 0.3 is 5.97 Å². The molecule has 0 saturated carbocycles. The van der Waals surface area contributed by atoms with Crippen molar-refractivity contribution >= 4 is 25.8 Å². The standard InChI is InChI=1S/C13H19NO6S2/c1-9(2)8-12(13(15)16)14-22(19,20)11-6-4-10(5-7-11)21(3,17)18/h4-7,9,12,14H,8H2,1-3H3,(H,15,16)/t12-/m0/s1. The Morgan fingerprint density at radius 3 is 1.91 bits per heavy atom. The SMILES string of the molecule is CC(C)C[C@H](NS(=O)(=O)c1ccc(S(C)(=O)=O)cc1)C(=O)O. The van der Waals surface area contributed by atoms with Crippen LogP contribution in [-0.2, 0) is 24.7 Å². The first kappa shape index (κ1) is 18.6. The molecule has 22 heavy (non-hydrogen) atoms. The number of carboxylic acid groups (broad SMARTS) is 1. The highest BCUT2D eigenvalue weighted by molar-refractivity contribution is 7.90. The topological polar surface area (TPSA) is 118 Å². The number of sulfone groups is 1. The third kappa shape index (κ3) is 5.08. The van der Waals surface area contributed by atoms with Gasteiger partial charge in [0.2, 0.25) is 10.0 Å². The summed E-state index contributed by atoms with van der Waals surface area (Å²) in [5, 5.41) is 9.08. The van der Waals surface area contributed by atoms with Crippen molar-refractivity contribution in [2.24, 2.45) is 5.92 Å². The minimum Gasteiger partial charge on any atom is -0.480 e. The molecular weight excluding hydrogens is 330 g/mol. The fourth-order valence-corrected chi connectivity index (χ4v) is 3.62. The number of rotatable bonds is 7. The van der Waals surface area contributed by atoms with Gasteiger partial charge in [0.25, 0.3) is 0 Å². The highest BCUT2D eigenvalue weighted by Gasteiger charge is 2.26. The molecule has 124 valence electrons. The molecule has 7 nitrogen and oxygen atoms in total. The minimum atomic E-state index is -4.04. The summed E-state index contributed by atoms with van der Waals surface area (Å²) in [7, 11) is -7.46. The predicted molar refractivity (Wildman–Crippen MR) is 80.8 cm³/mol. The van der Waals surface area contributed by atoms with Gasteiger partial charge in [-0.2, -0.15) is 4.72 Å². The Morgan fingerprint density at radius 1 is 1.09 bits per heavy atom. The first-order valence-corrected chi connectivity index (χ1v) is 9.86. The summed E-state index contributed by atoms with van der Waals surface area (Å²) in [6, 6.07) is 3.36. The second kappa shape index (κ2) is 6.76. The smallest absolute Gasteiger partial charge is 0.321 e. The summed E-state index contributed by atoms with van der Waals surface area (Å²) >= 11 is 0. The lowest BCUT2D eigenvalue weighted by Crippen LogP contribution is -2.41. The molecule has 1 aromatic carbocycles. The molecule has 1 rings (SSSR count). The van der Waals surface area contributed by atoms with E-state index in [-0.39, 0.29) is 22.1 Å². The third-order valence-electron chi connectivity index (χ3n) is 2.86. The first-order valence-electron chi connectivity index (χ1n) is 6.48. The molecule has 0 heterocycles. The van der Waals surface area contributed by atoms with Crippen molar-refractivity contribution in [3.8, 4) is 0 Å². The molecule has 0 spiro atoms. The number of aliphatic carboxylic acids is 1. The van der Waals surface area contributed by atoms with Gasteiger partial charge in [0.05, 0.1) is 9.79 Å². The number of carbonyl (C=O) groups is 1. The number of sulfonamides is 1. The van der Waals surface area contributed by atoms with Crippen LogP contribution in [0, 0.1) is 5.92 Å². The number of carboxylic acids is 1. The van der Waals surface area contributed by atoms with Gasteiger partial charge in [0.15, 0.2) is 9.84 Å². The van der Waals surface area contributed by atoms with E-state index >= 15 is 0 Å². The van der Waals surface area contributed by atoms with E-state index in [9.17, 15) is 21.6 Å². The average Bonchev–Trinajstić information content (AvgIpc) is 2.36. The molecule has 0 amide bonds. The average molecular weight is 349 g/mol. The predicted octanol–water partition coefficient (Wildman–Crippen LogP) is 0.868. The van der Waals surface area contributed by atoms with Gasteiger partial charge in [-0.25, -0.2) is 16.8 Å². The summed E-state index contributed by atoms with van der Waals surface area (Å²) in [6.07, 6.45) is 1.16. The quantitative estimate of drug-likeness (QED) is 0.754. The van der Waals surface area contributed by atoms with Gasteiger partial charge < -0.3 is 5.11 Å². The van der Waals surface area contributed by atoms with Gasteiger partial charge in [-0.3, -0.25) is 4.79 Å². The second-order valence-electron chi connectivity index (χ2n) is 5.39.